The summed E-state index contributed by atoms with van der Waals surface area (Å²) in [4.78, 5) is 2.51. The fourth-order valence-corrected chi connectivity index (χ4v) is 3.27. The first-order chi connectivity index (χ1) is 9.60. The molecule has 1 aromatic heterocycles. The Hall–Kier alpha value is -0.680. The molecule has 20 heavy (non-hydrogen) atoms. The lowest BCUT2D eigenvalue weighted by atomic mass is 10.1. The molecule has 0 fully saturated rings. The quantitative estimate of drug-likeness (QED) is 0.808. The van der Waals surface area contributed by atoms with Gasteiger partial charge in [0.2, 0.25) is 0 Å². The van der Waals surface area contributed by atoms with Gasteiger partial charge in [-0.05, 0) is 43.2 Å². The van der Waals surface area contributed by atoms with Gasteiger partial charge in [-0.25, -0.2) is 0 Å². The lowest BCUT2D eigenvalue weighted by Gasteiger charge is -2.22. The minimum Gasteiger partial charge on any atom is -0.366 e. The predicted octanol–water partition coefficient (Wildman–Crippen LogP) is 4.81. The van der Waals surface area contributed by atoms with Gasteiger partial charge in [-0.2, -0.15) is 0 Å². The first kappa shape index (κ1) is 15.7. The average molecular weight is 354 g/mol. The SMILES string of the molecule is CCC(N)C(OCc1ccc(Br)cc1)c1ccc(C)s1. The molecule has 1 aromatic carbocycles. The molecule has 2 rings (SSSR count). The number of thiophene rings is 1. The van der Waals surface area contributed by atoms with E-state index in [0.29, 0.717) is 6.61 Å². The zero-order valence-electron chi connectivity index (χ0n) is 11.8. The number of rotatable bonds is 6. The van der Waals surface area contributed by atoms with E-state index in [9.17, 15) is 0 Å². The lowest BCUT2D eigenvalue weighted by molar-refractivity contribution is 0.0236. The van der Waals surface area contributed by atoms with Crippen LogP contribution in [0.15, 0.2) is 40.9 Å². The van der Waals surface area contributed by atoms with Crippen LogP contribution in [-0.4, -0.2) is 6.04 Å². The summed E-state index contributed by atoms with van der Waals surface area (Å²) in [6, 6.07) is 12.5. The highest BCUT2D eigenvalue weighted by Crippen LogP contribution is 2.29. The molecule has 4 heteroatoms. The predicted molar refractivity (Wildman–Crippen MR) is 89.0 cm³/mol. The van der Waals surface area contributed by atoms with E-state index in [1.54, 1.807) is 11.3 Å². The van der Waals surface area contributed by atoms with Crippen molar-refractivity contribution in [1.29, 1.82) is 0 Å². The Labute approximate surface area is 133 Å². The van der Waals surface area contributed by atoms with Crippen molar-refractivity contribution in [2.75, 3.05) is 0 Å². The summed E-state index contributed by atoms with van der Waals surface area (Å²) in [6.07, 6.45) is 0.879. The maximum absolute atomic E-state index is 6.22. The van der Waals surface area contributed by atoms with Gasteiger partial charge in [0, 0.05) is 20.3 Å². The van der Waals surface area contributed by atoms with Crippen LogP contribution in [0.25, 0.3) is 0 Å². The van der Waals surface area contributed by atoms with E-state index in [4.69, 9.17) is 10.5 Å². The van der Waals surface area contributed by atoms with Crippen molar-refractivity contribution >= 4 is 27.3 Å². The zero-order chi connectivity index (χ0) is 14.5. The molecule has 0 amide bonds. The van der Waals surface area contributed by atoms with Crippen molar-refractivity contribution in [2.24, 2.45) is 5.73 Å². The Morgan fingerprint density at radius 1 is 1.20 bits per heavy atom. The van der Waals surface area contributed by atoms with Gasteiger partial charge in [-0.15, -0.1) is 11.3 Å². The summed E-state index contributed by atoms with van der Waals surface area (Å²) in [5.74, 6) is 0. The van der Waals surface area contributed by atoms with E-state index < -0.39 is 0 Å². The molecule has 108 valence electrons. The van der Waals surface area contributed by atoms with Crippen LogP contribution in [-0.2, 0) is 11.3 Å². The third-order valence-corrected chi connectivity index (χ3v) is 4.84. The maximum Gasteiger partial charge on any atom is 0.107 e. The number of nitrogens with two attached hydrogens (primary N) is 1. The molecule has 2 aromatic rings. The van der Waals surface area contributed by atoms with Gasteiger partial charge in [0.25, 0.3) is 0 Å². The van der Waals surface area contributed by atoms with Gasteiger partial charge in [0.05, 0.1) is 6.61 Å². The third kappa shape index (κ3) is 4.16. The minimum absolute atomic E-state index is 0.0256. The fourth-order valence-electron chi connectivity index (χ4n) is 2.00. The maximum atomic E-state index is 6.22. The van der Waals surface area contributed by atoms with E-state index in [1.165, 1.54) is 9.75 Å². The summed E-state index contributed by atoms with van der Waals surface area (Å²) < 4.78 is 7.17. The van der Waals surface area contributed by atoms with Gasteiger partial charge in [-0.1, -0.05) is 35.0 Å². The second-order valence-corrected chi connectivity index (χ2v) is 7.11. The minimum atomic E-state index is -0.0256. The Bertz CT molecular complexity index is 538. The van der Waals surface area contributed by atoms with Gasteiger partial charge in [-0.3, -0.25) is 0 Å². The van der Waals surface area contributed by atoms with Gasteiger partial charge in [0.1, 0.15) is 6.10 Å². The molecule has 0 aliphatic heterocycles. The molecular weight excluding hydrogens is 334 g/mol. The van der Waals surface area contributed by atoms with Gasteiger partial charge >= 0.3 is 0 Å². The molecule has 2 N–H and O–H groups in total. The van der Waals surface area contributed by atoms with Crippen molar-refractivity contribution in [3.8, 4) is 0 Å². The van der Waals surface area contributed by atoms with E-state index in [1.807, 2.05) is 12.1 Å². The molecule has 2 unspecified atom stereocenters. The van der Waals surface area contributed by atoms with Crippen molar-refractivity contribution in [2.45, 2.75) is 39.0 Å². The second-order valence-electron chi connectivity index (χ2n) is 4.88. The zero-order valence-corrected chi connectivity index (χ0v) is 14.2. The Balaban J connectivity index is 2.06. The summed E-state index contributed by atoms with van der Waals surface area (Å²) in [6.45, 7) is 4.79. The Morgan fingerprint density at radius 2 is 1.90 bits per heavy atom. The van der Waals surface area contributed by atoms with E-state index in [-0.39, 0.29) is 12.1 Å². The van der Waals surface area contributed by atoms with Crippen LogP contribution >= 0.6 is 27.3 Å². The molecule has 0 radical (unpaired) electrons. The van der Waals surface area contributed by atoms with Crippen molar-refractivity contribution in [1.82, 2.24) is 0 Å². The monoisotopic (exact) mass is 353 g/mol. The summed E-state index contributed by atoms with van der Waals surface area (Å²) >= 11 is 5.20. The number of aryl methyl sites for hydroxylation is 1. The van der Waals surface area contributed by atoms with Crippen molar-refractivity contribution in [3.63, 3.8) is 0 Å². The lowest BCUT2D eigenvalue weighted by Crippen LogP contribution is -2.29. The highest BCUT2D eigenvalue weighted by molar-refractivity contribution is 9.10. The normalized spacial score (nSPS) is 14.2. The molecule has 0 aliphatic rings. The van der Waals surface area contributed by atoms with Crippen LogP contribution in [0.3, 0.4) is 0 Å². The largest absolute Gasteiger partial charge is 0.366 e. The number of halogens is 1. The summed E-state index contributed by atoms with van der Waals surface area (Å²) in [7, 11) is 0. The molecule has 2 nitrogen and oxygen atoms in total. The van der Waals surface area contributed by atoms with Crippen LogP contribution in [0, 0.1) is 6.92 Å². The molecule has 0 spiro atoms. The smallest absolute Gasteiger partial charge is 0.107 e. The number of hydrogen-bond donors (Lipinski definition) is 1. The molecule has 1 heterocycles. The Kier molecular flexibility index (Phi) is 5.78. The molecule has 2 atom stereocenters. The fraction of sp³-hybridized carbons (Fsp3) is 0.375. The first-order valence-electron chi connectivity index (χ1n) is 6.78. The second kappa shape index (κ2) is 7.36. The van der Waals surface area contributed by atoms with Gasteiger partial charge < -0.3 is 10.5 Å². The molecule has 0 saturated heterocycles. The Morgan fingerprint density at radius 3 is 2.45 bits per heavy atom. The van der Waals surface area contributed by atoms with E-state index in [0.717, 1.165) is 16.5 Å². The number of benzene rings is 1. The first-order valence-corrected chi connectivity index (χ1v) is 8.39. The van der Waals surface area contributed by atoms with E-state index in [2.05, 4.69) is 54.0 Å². The van der Waals surface area contributed by atoms with Crippen molar-refractivity contribution in [3.05, 3.63) is 56.2 Å². The third-order valence-electron chi connectivity index (χ3n) is 3.24. The van der Waals surface area contributed by atoms with Crippen LogP contribution in [0.4, 0.5) is 0 Å². The van der Waals surface area contributed by atoms with Crippen LogP contribution in [0.1, 0.15) is 34.8 Å². The van der Waals surface area contributed by atoms with Crippen LogP contribution < -0.4 is 5.73 Å². The molecule has 0 saturated carbocycles. The highest BCUT2D eigenvalue weighted by atomic mass is 79.9. The molecule has 0 aliphatic carbocycles. The van der Waals surface area contributed by atoms with Crippen molar-refractivity contribution < 1.29 is 4.74 Å². The van der Waals surface area contributed by atoms with Gasteiger partial charge in [0.15, 0.2) is 0 Å². The number of hydrogen-bond acceptors (Lipinski definition) is 3. The molecule has 0 bridgehead atoms. The molecular formula is C16H20BrNOS. The average Bonchev–Trinajstić information content (AvgIpc) is 2.87. The standard InChI is InChI=1S/C16H20BrNOS/c1-3-14(18)16(15-9-4-11(2)20-15)19-10-12-5-7-13(17)8-6-12/h4-9,14,16H,3,10,18H2,1-2H3. The van der Waals surface area contributed by atoms with Crippen LogP contribution in [0.5, 0.6) is 0 Å². The van der Waals surface area contributed by atoms with E-state index >= 15 is 0 Å². The topological polar surface area (TPSA) is 35.2 Å². The highest BCUT2D eigenvalue weighted by Gasteiger charge is 2.20. The number of ether oxygens (including phenoxy) is 1. The van der Waals surface area contributed by atoms with Crippen LogP contribution in [0.2, 0.25) is 0 Å². The summed E-state index contributed by atoms with van der Waals surface area (Å²) in [5, 5.41) is 0. The summed E-state index contributed by atoms with van der Waals surface area (Å²) in [5.41, 5.74) is 7.38.